The van der Waals surface area contributed by atoms with E-state index in [2.05, 4.69) is 0 Å². The number of esters is 1. The molecular weight excluding hydrogens is 190 g/mol. The van der Waals surface area contributed by atoms with Crippen molar-refractivity contribution < 1.29 is 9.53 Å². The summed E-state index contributed by atoms with van der Waals surface area (Å²) < 4.78 is 5.01. The molecule has 3 heteroatoms. The lowest BCUT2D eigenvalue weighted by molar-refractivity contribution is -0.148. The highest BCUT2D eigenvalue weighted by Crippen LogP contribution is 2.34. The quantitative estimate of drug-likeness (QED) is 0.743. The van der Waals surface area contributed by atoms with Crippen LogP contribution in [-0.2, 0) is 16.0 Å². The summed E-state index contributed by atoms with van der Waals surface area (Å²) in [5.41, 5.74) is 8.27. The zero-order valence-corrected chi connectivity index (χ0v) is 8.77. The van der Waals surface area contributed by atoms with E-state index in [0.29, 0.717) is 13.0 Å². The molecule has 2 atom stereocenters. The molecule has 0 unspecified atom stereocenters. The summed E-state index contributed by atoms with van der Waals surface area (Å²) in [7, 11) is 0. The molecule has 0 aliphatic heterocycles. The molecule has 0 heterocycles. The summed E-state index contributed by atoms with van der Waals surface area (Å²) in [6.07, 6.45) is 0.705. The Labute approximate surface area is 89.2 Å². The van der Waals surface area contributed by atoms with E-state index in [4.69, 9.17) is 10.5 Å². The molecule has 0 saturated carbocycles. The van der Waals surface area contributed by atoms with Gasteiger partial charge >= 0.3 is 5.97 Å². The van der Waals surface area contributed by atoms with Gasteiger partial charge in [-0.2, -0.15) is 0 Å². The summed E-state index contributed by atoms with van der Waals surface area (Å²) >= 11 is 0. The van der Waals surface area contributed by atoms with Crippen LogP contribution in [0.1, 0.15) is 24.1 Å². The average Bonchev–Trinajstić information content (AvgIpc) is 2.57. The second-order valence-electron chi connectivity index (χ2n) is 3.79. The Hall–Kier alpha value is -1.35. The van der Waals surface area contributed by atoms with Crippen molar-refractivity contribution in [3.05, 3.63) is 35.4 Å². The Balaban J connectivity index is 2.19. The molecule has 0 saturated heterocycles. The lowest BCUT2D eigenvalue weighted by Gasteiger charge is -2.13. The summed E-state index contributed by atoms with van der Waals surface area (Å²) in [5.74, 6) is -0.386. The first-order valence-electron chi connectivity index (χ1n) is 5.24. The van der Waals surface area contributed by atoms with E-state index in [1.54, 1.807) is 0 Å². The normalized spacial score (nSPS) is 23.6. The molecule has 3 nitrogen and oxygen atoms in total. The fraction of sp³-hybridized carbons (Fsp3) is 0.417. The van der Waals surface area contributed by atoms with Crippen molar-refractivity contribution in [3.63, 3.8) is 0 Å². The van der Waals surface area contributed by atoms with Gasteiger partial charge in [-0.15, -0.1) is 0 Å². The minimum absolute atomic E-state index is 0.179. The number of hydrogen-bond donors (Lipinski definition) is 1. The lowest BCUT2D eigenvalue weighted by atomic mass is 10.0. The molecule has 1 aromatic rings. The first kappa shape index (κ1) is 10.2. The maximum Gasteiger partial charge on any atom is 0.311 e. The molecule has 80 valence electrons. The van der Waals surface area contributed by atoms with Crippen molar-refractivity contribution in [2.75, 3.05) is 6.61 Å². The Morgan fingerprint density at radius 3 is 2.93 bits per heavy atom. The molecule has 1 aliphatic rings. The van der Waals surface area contributed by atoms with Gasteiger partial charge in [0.2, 0.25) is 0 Å². The topological polar surface area (TPSA) is 52.3 Å². The van der Waals surface area contributed by atoms with Crippen LogP contribution in [-0.4, -0.2) is 12.6 Å². The monoisotopic (exact) mass is 205 g/mol. The van der Waals surface area contributed by atoms with Crippen molar-refractivity contribution in [1.82, 2.24) is 0 Å². The summed E-state index contributed by atoms with van der Waals surface area (Å²) in [6.45, 7) is 2.23. The predicted molar refractivity (Wildman–Crippen MR) is 57.2 cm³/mol. The van der Waals surface area contributed by atoms with E-state index in [0.717, 1.165) is 5.56 Å². The van der Waals surface area contributed by atoms with Gasteiger partial charge in [0.25, 0.3) is 0 Å². The summed E-state index contributed by atoms with van der Waals surface area (Å²) in [4.78, 5) is 11.6. The number of rotatable bonds is 2. The van der Waals surface area contributed by atoms with Gasteiger partial charge in [0.05, 0.1) is 12.5 Å². The number of fused-ring (bicyclic) bond motifs is 1. The Bertz CT molecular complexity index is 376. The van der Waals surface area contributed by atoms with Gasteiger partial charge in [-0.05, 0) is 24.5 Å². The number of hydrogen-bond acceptors (Lipinski definition) is 3. The molecule has 0 amide bonds. The third-order valence-electron chi connectivity index (χ3n) is 2.88. The van der Waals surface area contributed by atoms with E-state index in [1.165, 1.54) is 5.56 Å². The molecule has 0 radical (unpaired) electrons. The van der Waals surface area contributed by atoms with E-state index in [1.807, 2.05) is 31.2 Å². The Kier molecular flexibility index (Phi) is 2.73. The van der Waals surface area contributed by atoms with Gasteiger partial charge in [-0.25, -0.2) is 0 Å². The lowest BCUT2D eigenvalue weighted by Crippen LogP contribution is -2.26. The highest BCUT2D eigenvalue weighted by Gasteiger charge is 2.35. The van der Waals surface area contributed by atoms with Crippen molar-refractivity contribution in [2.24, 2.45) is 11.7 Å². The number of nitrogens with two attached hydrogens (primary N) is 1. The predicted octanol–water partition coefficient (Wildman–Crippen LogP) is 1.42. The Morgan fingerprint density at radius 2 is 2.27 bits per heavy atom. The molecule has 0 spiro atoms. The minimum Gasteiger partial charge on any atom is -0.466 e. The second-order valence-corrected chi connectivity index (χ2v) is 3.79. The van der Waals surface area contributed by atoms with Crippen LogP contribution in [0.5, 0.6) is 0 Å². The molecule has 1 aliphatic carbocycles. The zero-order chi connectivity index (χ0) is 10.8. The number of carbonyl (C=O) groups excluding carboxylic acids is 1. The van der Waals surface area contributed by atoms with Gasteiger partial charge in [0, 0.05) is 6.04 Å². The number of benzene rings is 1. The molecule has 15 heavy (non-hydrogen) atoms. The van der Waals surface area contributed by atoms with Gasteiger partial charge in [0.1, 0.15) is 0 Å². The molecule has 0 bridgehead atoms. The third kappa shape index (κ3) is 1.75. The molecular formula is C12H15NO2. The minimum atomic E-state index is -0.208. The second kappa shape index (κ2) is 4.03. The van der Waals surface area contributed by atoms with Crippen LogP contribution in [0.2, 0.25) is 0 Å². The summed E-state index contributed by atoms with van der Waals surface area (Å²) in [5, 5.41) is 0. The van der Waals surface area contributed by atoms with Crippen LogP contribution in [0.15, 0.2) is 24.3 Å². The van der Waals surface area contributed by atoms with Crippen molar-refractivity contribution in [1.29, 1.82) is 0 Å². The molecule has 2 rings (SSSR count). The average molecular weight is 205 g/mol. The zero-order valence-electron chi connectivity index (χ0n) is 8.77. The van der Waals surface area contributed by atoms with Crippen LogP contribution in [0.4, 0.5) is 0 Å². The largest absolute Gasteiger partial charge is 0.466 e. The standard InChI is InChI=1S/C12H15NO2/c1-2-15-12(14)10-7-8-5-3-4-6-9(8)11(10)13/h3-6,10-11H,2,7,13H2,1H3/t10-,11-/m0/s1. The van der Waals surface area contributed by atoms with Crippen LogP contribution in [0, 0.1) is 5.92 Å². The molecule has 2 N–H and O–H groups in total. The first-order valence-corrected chi connectivity index (χ1v) is 5.24. The van der Waals surface area contributed by atoms with Crippen molar-refractivity contribution >= 4 is 5.97 Å². The third-order valence-corrected chi connectivity index (χ3v) is 2.88. The van der Waals surface area contributed by atoms with Gasteiger partial charge in [-0.1, -0.05) is 24.3 Å². The van der Waals surface area contributed by atoms with E-state index < -0.39 is 0 Å². The SMILES string of the molecule is CCOC(=O)[C@H]1Cc2ccccc2[C@@H]1N. The van der Waals surface area contributed by atoms with Crippen LogP contribution < -0.4 is 5.73 Å². The van der Waals surface area contributed by atoms with Gasteiger partial charge in [0.15, 0.2) is 0 Å². The van der Waals surface area contributed by atoms with Crippen LogP contribution >= 0.6 is 0 Å². The van der Waals surface area contributed by atoms with E-state index in [-0.39, 0.29) is 17.9 Å². The highest BCUT2D eigenvalue weighted by atomic mass is 16.5. The fourth-order valence-electron chi connectivity index (χ4n) is 2.11. The maximum absolute atomic E-state index is 11.6. The molecule has 0 aromatic heterocycles. The first-order chi connectivity index (χ1) is 7.24. The van der Waals surface area contributed by atoms with Crippen molar-refractivity contribution in [2.45, 2.75) is 19.4 Å². The van der Waals surface area contributed by atoms with Crippen LogP contribution in [0.25, 0.3) is 0 Å². The van der Waals surface area contributed by atoms with Crippen LogP contribution in [0.3, 0.4) is 0 Å². The molecule has 0 fully saturated rings. The highest BCUT2D eigenvalue weighted by molar-refractivity contribution is 5.75. The number of carbonyl (C=O) groups is 1. The number of ether oxygens (including phenoxy) is 1. The van der Waals surface area contributed by atoms with E-state index in [9.17, 15) is 4.79 Å². The van der Waals surface area contributed by atoms with Gasteiger partial charge < -0.3 is 10.5 Å². The fourth-order valence-corrected chi connectivity index (χ4v) is 2.11. The maximum atomic E-state index is 11.6. The Morgan fingerprint density at radius 1 is 1.53 bits per heavy atom. The summed E-state index contributed by atoms with van der Waals surface area (Å²) in [6, 6.07) is 7.72. The van der Waals surface area contributed by atoms with Crippen molar-refractivity contribution in [3.8, 4) is 0 Å². The van der Waals surface area contributed by atoms with Gasteiger partial charge in [-0.3, -0.25) is 4.79 Å². The molecule has 1 aromatic carbocycles. The van der Waals surface area contributed by atoms with E-state index >= 15 is 0 Å². The smallest absolute Gasteiger partial charge is 0.311 e.